The molecular formula is C12H18BO14P3S2. The molecule has 0 amide bonds. The highest BCUT2D eigenvalue weighted by molar-refractivity contribution is 8.08. The predicted molar refractivity (Wildman–Crippen MR) is 111 cm³/mol. The predicted octanol–water partition coefficient (Wildman–Crippen LogP) is 0.747. The molecule has 1 saturated heterocycles. The van der Waals surface area contributed by atoms with Crippen LogP contribution in [0.5, 0.6) is 5.75 Å². The minimum atomic E-state index is -5.51. The molecule has 1 heterocycles. The molecule has 1 aliphatic rings. The van der Waals surface area contributed by atoms with E-state index in [4.69, 9.17) is 35.3 Å². The second-order valence-electron chi connectivity index (χ2n) is 6.27. The molecule has 1 aromatic rings. The van der Waals surface area contributed by atoms with Crippen molar-refractivity contribution in [2.45, 2.75) is 31.6 Å². The van der Waals surface area contributed by atoms with Gasteiger partial charge in [-0.25, -0.2) is 17.6 Å². The van der Waals surface area contributed by atoms with Crippen molar-refractivity contribution in [3.63, 3.8) is 0 Å². The first-order chi connectivity index (χ1) is 14.5. The Morgan fingerprint density at radius 1 is 1.16 bits per heavy atom. The molecule has 32 heavy (non-hydrogen) atoms. The summed E-state index contributed by atoms with van der Waals surface area (Å²) in [7, 11) is -9.93. The van der Waals surface area contributed by atoms with E-state index in [2.05, 4.69) is 20.4 Å². The third-order valence-electron chi connectivity index (χ3n) is 3.51. The Bertz CT molecular complexity index is 1040. The van der Waals surface area contributed by atoms with Gasteiger partial charge in [0.05, 0.1) is 6.61 Å². The Morgan fingerprint density at radius 3 is 2.31 bits per heavy atom. The zero-order chi connectivity index (χ0) is 24.4. The zero-order valence-corrected chi connectivity index (χ0v) is 20.4. The van der Waals surface area contributed by atoms with Crippen molar-refractivity contribution in [1.82, 2.24) is 0 Å². The zero-order valence-electron chi connectivity index (χ0n) is 16.1. The van der Waals surface area contributed by atoms with Crippen molar-refractivity contribution in [3.05, 3.63) is 29.8 Å². The average Bonchev–Trinajstić information content (AvgIpc) is 2.90. The Balaban J connectivity index is 1.99. The topological polar surface area (TPSA) is 205 Å². The number of aryl methyl sites for hydroxylation is 1. The number of ether oxygens (including phenoxy) is 1. The first-order valence-electron chi connectivity index (χ1n) is 8.34. The SMILES string of the molecule is [B]C1CC(OS(=O)(=O)Oc2ccc(C)cc2)C(COP(O)(=S)OP(=O)(O)OP(=O)(O)O)O1. The maximum atomic E-state index is 12.2. The fourth-order valence-corrected chi connectivity index (χ4v) is 7.21. The molecule has 14 nitrogen and oxygen atoms in total. The van der Waals surface area contributed by atoms with Gasteiger partial charge in [0.25, 0.3) is 0 Å². The quantitative estimate of drug-likeness (QED) is 0.220. The molecule has 2 radical (unpaired) electrons. The number of phosphoric acid groups is 2. The molecule has 180 valence electrons. The summed E-state index contributed by atoms with van der Waals surface area (Å²) in [6.45, 7) is -3.56. The maximum absolute atomic E-state index is 12.2. The van der Waals surface area contributed by atoms with Gasteiger partial charge in [0.1, 0.15) is 25.8 Å². The van der Waals surface area contributed by atoms with Gasteiger partial charge >= 0.3 is 32.8 Å². The van der Waals surface area contributed by atoms with Gasteiger partial charge in [-0.2, -0.15) is 12.7 Å². The van der Waals surface area contributed by atoms with Crippen LogP contribution in [0.4, 0.5) is 0 Å². The van der Waals surface area contributed by atoms with Gasteiger partial charge in [-0.15, -0.1) is 0 Å². The molecule has 5 atom stereocenters. The van der Waals surface area contributed by atoms with Gasteiger partial charge < -0.3 is 33.0 Å². The minimum Gasteiger partial charge on any atom is -0.379 e. The van der Waals surface area contributed by atoms with E-state index in [1.807, 2.05) is 0 Å². The summed E-state index contributed by atoms with van der Waals surface area (Å²) in [4.78, 5) is 36.2. The van der Waals surface area contributed by atoms with Crippen LogP contribution >= 0.6 is 22.4 Å². The summed E-state index contributed by atoms with van der Waals surface area (Å²) in [5.74, 6) is -0.0189. The van der Waals surface area contributed by atoms with E-state index in [-0.39, 0.29) is 12.2 Å². The molecule has 0 saturated carbocycles. The van der Waals surface area contributed by atoms with E-state index in [1.165, 1.54) is 12.1 Å². The molecule has 0 aliphatic carbocycles. The molecule has 20 heteroatoms. The lowest BCUT2D eigenvalue weighted by Crippen LogP contribution is -2.32. The lowest BCUT2D eigenvalue weighted by Gasteiger charge is -2.22. The van der Waals surface area contributed by atoms with Crippen molar-refractivity contribution in [3.8, 4) is 5.75 Å². The van der Waals surface area contributed by atoms with E-state index < -0.39 is 57.6 Å². The summed E-state index contributed by atoms with van der Waals surface area (Å²) in [6, 6.07) is 5.03. The van der Waals surface area contributed by atoms with Crippen LogP contribution in [0.25, 0.3) is 0 Å². The highest BCUT2D eigenvalue weighted by atomic mass is 32.5. The lowest BCUT2D eigenvalue weighted by molar-refractivity contribution is 0.00677. The maximum Gasteiger partial charge on any atom is 0.488 e. The Hall–Kier alpha value is -0.215. The summed E-state index contributed by atoms with van der Waals surface area (Å²) in [5, 5.41) is 0. The fourth-order valence-electron chi connectivity index (χ4n) is 2.35. The molecule has 2 rings (SSSR count). The second kappa shape index (κ2) is 10.6. The van der Waals surface area contributed by atoms with Crippen molar-refractivity contribution in [1.29, 1.82) is 0 Å². The van der Waals surface area contributed by atoms with Gasteiger partial charge in [-0.3, -0.25) is 0 Å². The minimum absolute atomic E-state index is 0.0189. The van der Waals surface area contributed by atoms with E-state index in [1.54, 1.807) is 19.1 Å². The largest absolute Gasteiger partial charge is 0.488 e. The molecule has 1 aliphatic heterocycles. The van der Waals surface area contributed by atoms with Crippen molar-refractivity contribution < 1.29 is 63.4 Å². The van der Waals surface area contributed by atoms with Crippen LogP contribution in [-0.2, 0) is 53.4 Å². The van der Waals surface area contributed by atoms with Gasteiger partial charge in [0, 0.05) is 6.00 Å². The van der Waals surface area contributed by atoms with E-state index >= 15 is 0 Å². The molecule has 5 unspecified atom stereocenters. The van der Waals surface area contributed by atoms with E-state index in [0.29, 0.717) is 0 Å². The number of hydrogen-bond acceptors (Lipinski definition) is 11. The van der Waals surface area contributed by atoms with E-state index in [9.17, 15) is 27.3 Å². The van der Waals surface area contributed by atoms with Gasteiger partial charge in [0.15, 0.2) is 0 Å². The monoisotopic (exact) mass is 554 g/mol. The molecule has 4 N–H and O–H groups in total. The third kappa shape index (κ3) is 9.96. The van der Waals surface area contributed by atoms with Crippen LogP contribution < -0.4 is 4.18 Å². The number of benzene rings is 1. The highest BCUT2D eigenvalue weighted by Crippen LogP contribution is 2.66. The Kier molecular flexibility index (Phi) is 9.27. The molecular weight excluding hydrogens is 536 g/mol. The van der Waals surface area contributed by atoms with Crippen LogP contribution in [0.2, 0.25) is 0 Å². The highest BCUT2D eigenvalue weighted by Gasteiger charge is 2.41. The Morgan fingerprint density at radius 2 is 1.75 bits per heavy atom. The van der Waals surface area contributed by atoms with Crippen molar-refractivity contribution in [2.24, 2.45) is 0 Å². The standard InChI is InChI=1S/C12H18BO14P3S2/c1-8-2-4-9(5-3-8)24-32(20,21)25-10-6-12(13)23-11(10)7-22-30(19,31)27-29(17,18)26-28(14,15)16/h2-5,10-12H,6-7H2,1H3,(H,17,18)(H,19,31)(H2,14,15,16). The van der Waals surface area contributed by atoms with Gasteiger partial charge in [-0.05, 0) is 37.3 Å². The van der Waals surface area contributed by atoms with Crippen molar-refractivity contribution in [2.75, 3.05) is 6.61 Å². The van der Waals surface area contributed by atoms with Gasteiger partial charge in [-0.1, -0.05) is 17.7 Å². The lowest BCUT2D eigenvalue weighted by atomic mass is 9.96. The van der Waals surface area contributed by atoms with Crippen LogP contribution in [0, 0.1) is 6.92 Å². The molecule has 1 aromatic carbocycles. The van der Waals surface area contributed by atoms with Crippen LogP contribution in [0.15, 0.2) is 24.3 Å². The number of rotatable bonds is 11. The van der Waals surface area contributed by atoms with Crippen LogP contribution in [0.3, 0.4) is 0 Å². The molecule has 0 bridgehead atoms. The third-order valence-corrected chi connectivity index (χ3v) is 9.11. The summed E-state index contributed by atoms with van der Waals surface area (Å²) in [6.07, 6.45) is -2.65. The first-order valence-corrected chi connectivity index (χ1v) is 15.3. The van der Waals surface area contributed by atoms with Crippen molar-refractivity contribution >= 4 is 52.4 Å². The smallest absolute Gasteiger partial charge is 0.379 e. The fraction of sp³-hybridized carbons (Fsp3) is 0.500. The second-order valence-corrected chi connectivity index (χ2v) is 13.3. The van der Waals surface area contributed by atoms with E-state index in [0.717, 1.165) is 5.56 Å². The summed E-state index contributed by atoms with van der Waals surface area (Å²) < 4.78 is 73.9. The van der Waals surface area contributed by atoms with Crippen LogP contribution in [-0.4, -0.2) is 60.7 Å². The van der Waals surface area contributed by atoms with Crippen LogP contribution in [0.1, 0.15) is 12.0 Å². The first kappa shape index (κ1) is 28.0. The summed E-state index contributed by atoms with van der Waals surface area (Å²) >= 11 is 4.48. The number of hydrogen-bond donors (Lipinski definition) is 4. The Labute approximate surface area is 189 Å². The normalized spacial score (nSPS) is 25.7. The average molecular weight is 554 g/mol. The summed E-state index contributed by atoms with van der Waals surface area (Å²) in [5.41, 5.74) is 0.864. The molecule has 0 spiro atoms. The molecule has 0 aromatic heterocycles. The molecule has 1 fully saturated rings. The van der Waals surface area contributed by atoms with Gasteiger partial charge in [0.2, 0.25) is 0 Å².